The molecule has 0 unspecified atom stereocenters. The highest BCUT2D eigenvalue weighted by Gasteiger charge is 2.16. The molecule has 3 aromatic carbocycles. The third-order valence-electron chi connectivity index (χ3n) is 5.62. The Morgan fingerprint density at radius 3 is 2.41 bits per heavy atom. The van der Waals surface area contributed by atoms with Crippen LogP contribution < -0.4 is 15.0 Å². The molecular weight excluding hydrogens is 494 g/mol. The maximum atomic E-state index is 13.1. The summed E-state index contributed by atoms with van der Waals surface area (Å²) in [7, 11) is 3.45. The van der Waals surface area contributed by atoms with Crippen LogP contribution in [0.3, 0.4) is 0 Å². The van der Waals surface area contributed by atoms with Crippen LogP contribution in [0, 0.1) is 13.8 Å². The molecule has 0 radical (unpaired) electrons. The van der Waals surface area contributed by atoms with Crippen molar-refractivity contribution in [1.82, 2.24) is 9.36 Å². The largest absolute Gasteiger partial charge is 0.493 e. The Balaban J connectivity index is 1.61. The molecule has 174 valence electrons. The minimum atomic E-state index is -0.175. The van der Waals surface area contributed by atoms with Gasteiger partial charge in [0, 0.05) is 13.3 Å². The number of ether oxygens (including phenoxy) is 2. The first-order chi connectivity index (χ1) is 16.4. The van der Waals surface area contributed by atoms with Crippen molar-refractivity contribution in [3.63, 3.8) is 0 Å². The second-order valence-corrected chi connectivity index (χ2v) is 8.83. The van der Waals surface area contributed by atoms with Crippen molar-refractivity contribution < 1.29 is 9.47 Å². The monoisotopic (exact) mass is 519 g/mol. The number of halogens is 1. The fourth-order valence-electron chi connectivity index (χ4n) is 3.64. The number of aliphatic imine (C=N–C) groups is 1. The van der Waals surface area contributed by atoms with Gasteiger partial charge in [-0.3, -0.25) is 9.48 Å². The molecule has 1 heterocycles. The van der Waals surface area contributed by atoms with Crippen LogP contribution in [0.1, 0.15) is 22.4 Å². The first kappa shape index (κ1) is 23.6. The number of benzene rings is 3. The third-order valence-corrected chi connectivity index (χ3v) is 6.21. The lowest BCUT2D eigenvalue weighted by Gasteiger charge is -2.13. The summed E-state index contributed by atoms with van der Waals surface area (Å²) < 4.78 is 15.8. The number of para-hydroxylation sites is 1. The summed E-state index contributed by atoms with van der Waals surface area (Å²) in [5.74, 6) is 1.19. The van der Waals surface area contributed by atoms with Gasteiger partial charge < -0.3 is 9.47 Å². The van der Waals surface area contributed by atoms with Gasteiger partial charge in [-0.25, -0.2) is 9.67 Å². The predicted molar refractivity (Wildman–Crippen MR) is 139 cm³/mol. The van der Waals surface area contributed by atoms with Crippen molar-refractivity contribution >= 4 is 27.8 Å². The fraction of sp³-hybridized carbons (Fsp3) is 0.185. The van der Waals surface area contributed by atoms with E-state index >= 15 is 0 Å². The number of methoxy groups -OCH3 is 1. The quantitative estimate of drug-likeness (QED) is 0.286. The fourth-order valence-corrected chi connectivity index (χ4v) is 4.21. The second kappa shape index (κ2) is 10.1. The average Bonchev–Trinajstić information content (AvgIpc) is 3.05. The lowest BCUT2D eigenvalue weighted by atomic mass is 10.1. The van der Waals surface area contributed by atoms with E-state index in [0.717, 1.165) is 27.0 Å². The zero-order valence-corrected chi connectivity index (χ0v) is 21.2. The van der Waals surface area contributed by atoms with Crippen molar-refractivity contribution in [2.75, 3.05) is 7.11 Å². The van der Waals surface area contributed by atoms with Gasteiger partial charge in [0.2, 0.25) is 0 Å². The zero-order valence-electron chi connectivity index (χ0n) is 19.6. The minimum absolute atomic E-state index is 0.175. The first-order valence-electron chi connectivity index (χ1n) is 10.8. The van der Waals surface area contributed by atoms with Crippen LogP contribution >= 0.6 is 15.9 Å². The summed E-state index contributed by atoms with van der Waals surface area (Å²) in [6, 6.07) is 21.4. The summed E-state index contributed by atoms with van der Waals surface area (Å²) in [4.78, 5) is 17.6. The minimum Gasteiger partial charge on any atom is -0.493 e. The number of aromatic nitrogens is 2. The Kier molecular flexibility index (Phi) is 7.03. The molecule has 0 aliphatic carbocycles. The van der Waals surface area contributed by atoms with Gasteiger partial charge in [-0.05, 0) is 65.2 Å². The van der Waals surface area contributed by atoms with Crippen LogP contribution in [-0.4, -0.2) is 22.7 Å². The molecule has 0 amide bonds. The van der Waals surface area contributed by atoms with E-state index in [-0.39, 0.29) is 5.56 Å². The molecule has 0 atom stereocenters. The van der Waals surface area contributed by atoms with Gasteiger partial charge in [0.25, 0.3) is 5.56 Å². The molecule has 0 aliphatic heterocycles. The second-order valence-electron chi connectivity index (χ2n) is 7.98. The van der Waals surface area contributed by atoms with Crippen molar-refractivity contribution in [3.05, 3.63) is 104 Å². The number of hydrogen-bond acceptors (Lipinski definition) is 4. The molecule has 0 N–H and O–H groups in total. The molecule has 0 saturated carbocycles. The van der Waals surface area contributed by atoms with Crippen LogP contribution in [0.4, 0.5) is 5.69 Å². The Morgan fingerprint density at radius 1 is 1.03 bits per heavy atom. The predicted octanol–water partition coefficient (Wildman–Crippen LogP) is 5.89. The third kappa shape index (κ3) is 4.84. The van der Waals surface area contributed by atoms with Crippen LogP contribution in [-0.2, 0) is 13.7 Å². The molecule has 7 heteroatoms. The summed E-state index contributed by atoms with van der Waals surface area (Å²) in [5, 5.41) is 0. The van der Waals surface area contributed by atoms with E-state index in [4.69, 9.17) is 9.47 Å². The Bertz CT molecular complexity index is 1390. The molecular formula is C27H26BrN3O3. The number of nitrogens with zero attached hydrogens (tertiary/aromatic N) is 3. The van der Waals surface area contributed by atoms with E-state index in [0.29, 0.717) is 23.8 Å². The van der Waals surface area contributed by atoms with E-state index in [1.54, 1.807) is 18.0 Å². The lowest BCUT2D eigenvalue weighted by Crippen LogP contribution is -2.19. The van der Waals surface area contributed by atoms with Gasteiger partial charge >= 0.3 is 0 Å². The summed E-state index contributed by atoms with van der Waals surface area (Å²) in [5.41, 5.74) is 4.83. The van der Waals surface area contributed by atoms with Gasteiger partial charge in [-0.2, -0.15) is 0 Å². The molecule has 4 rings (SSSR count). The highest BCUT2D eigenvalue weighted by Crippen LogP contribution is 2.37. The Morgan fingerprint density at radius 2 is 1.74 bits per heavy atom. The summed E-state index contributed by atoms with van der Waals surface area (Å²) in [6.07, 6.45) is 1.66. The number of rotatable bonds is 7. The summed E-state index contributed by atoms with van der Waals surface area (Å²) in [6.45, 7) is 4.36. The van der Waals surface area contributed by atoms with E-state index in [1.807, 2.05) is 73.3 Å². The Labute approximate surface area is 207 Å². The Hall–Kier alpha value is -3.58. The molecule has 1 aromatic heterocycles. The topological polar surface area (TPSA) is 57.8 Å². The molecule has 4 aromatic rings. The lowest BCUT2D eigenvalue weighted by molar-refractivity contribution is 0.282. The molecule has 0 saturated heterocycles. The maximum Gasteiger partial charge on any atom is 0.297 e. The van der Waals surface area contributed by atoms with Crippen LogP contribution in [0.2, 0.25) is 0 Å². The van der Waals surface area contributed by atoms with Gasteiger partial charge in [0.1, 0.15) is 6.61 Å². The average molecular weight is 520 g/mol. The summed E-state index contributed by atoms with van der Waals surface area (Å²) >= 11 is 3.59. The highest BCUT2D eigenvalue weighted by atomic mass is 79.9. The maximum absolute atomic E-state index is 13.1. The van der Waals surface area contributed by atoms with Gasteiger partial charge in [0.15, 0.2) is 17.2 Å². The van der Waals surface area contributed by atoms with Crippen LogP contribution in [0.15, 0.2) is 81.0 Å². The molecule has 0 aliphatic rings. The first-order valence-corrected chi connectivity index (χ1v) is 11.6. The molecule has 0 bridgehead atoms. The number of hydrogen-bond donors (Lipinski definition) is 0. The SMILES string of the molecule is COc1cc(C=Nc2c(C)n(C)n(-c3ccccc3)c2=O)cc(Br)c1OCc1ccc(C)cc1. The normalized spacial score (nSPS) is 11.2. The van der Waals surface area contributed by atoms with E-state index in [2.05, 4.69) is 40.0 Å². The van der Waals surface area contributed by atoms with Crippen molar-refractivity contribution in [1.29, 1.82) is 0 Å². The smallest absolute Gasteiger partial charge is 0.297 e. The molecule has 34 heavy (non-hydrogen) atoms. The zero-order chi connectivity index (χ0) is 24.2. The van der Waals surface area contributed by atoms with Crippen LogP contribution in [0.5, 0.6) is 11.5 Å². The van der Waals surface area contributed by atoms with Gasteiger partial charge in [-0.15, -0.1) is 0 Å². The van der Waals surface area contributed by atoms with E-state index in [9.17, 15) is 4.79 Å². The van der Waals surface area contributed by atoms with Gasteiger partial charge in [-0.1, -0.05) is 48.0 Å². The molecule has 0 fully saturated rings. The van der Waals surface area contributed by atoms with Crippen molar-refractivity contribution in [3.8, 4) is 17.2 Å². The van der Waals surface area contributed by atoms with E-state index < -0.39 is 0 Å². The van der Waals surface area contributed by atoms with Crippen molar-refractivity contribution in [2.45, 2.75) is 20.5 Å². The standard InChI is InChI=1S/C27H26BrN3O3/c1-18-10-12-20(13-11-18)17-34-26-23(28)14-21(15-24(26)33-4)16-29-25-19(2)30(3)31(27(25)32)22-8-6-5-7-9-22/h5-16H,17H2,1-4H3. The molecule has 0 spiro atoms. The van der Waals surface area contributed by atoms with E-state index in [1.165, 1.54) is 5.56 Å². The number of aryl methyl sites for hydroxylation is 1. The molecule has 6 nitrogen and oxygen atoms in total. The van der Waals surface area contributed by atoms with Gasteiger partial charge in [0.05, 0.1) is 23.0 Å². The van der Waals surface area contributed by atoms with Crippen molar-refractivity contribution in [2.24, 2.45) is 12.0 Å². The highest BCUT2D eigenvalue weighted by molar-refractivity contribution is 9.10. The van der Waals surface area contributed by atoms with Crippen LogP contribution in [0.25, 0.3) is 5.69 Å².